The van der Waals surface area contributed by atoms with Crippen LogP contribution in [0.3, 0.4) is 0 Å². The summed E-state index contributed by atoms with van der Waals surface area (Å²) in [6, 6.07) is 9.03. The number of hydrogen-bond acceptors (Lipinski definition) is 11. The van der Waals surface area contributed by atoms with Gasteiger partial charge in [-0.05, 0) is 41.5 Å². The minimum atomic E-state index is -1.64. The molecule has 1 saturated heterocycles. The van der Waals surface area contributed by atoms with Gasteiger partial charge in [-0.1, -0.05) is 24.3 Å². The molecule has 0 spiro atoms. The van der Waals surface area contributed by atoms with Gasteiger partial charge in [0.05, 0.1) is 13.7 Å². The number of esters is 1. The third kappa shape index (κ3) is 7.44. The molecule has 11 nitrogen and oxygen atoms in total. The van der Waals surface area contributed by atoms with E-state index in [0.717, 1.165) is 11.6 Å². The predicted octanol–water partition coefficient (Wildman–Crippen LogP) is 1.21. The predicted molar refractivity (Wildman–Crippen MR) is 131 cm³/mol. The maximum Gasteiger partial charge on any atom is 0.330 e. The summed E-state index contributed by atoms with van der Waals surface area (Å²) in [5, 5.41) is 49.9. The summed E-state index contributed by atoms with van der Waals surface area (Å²) < 4.78 is 26.8. The van der Waals surface area contributed by atoms with Gasteiger partial charge in [0.2, 0.25) is 6.29 Å². The van der Waals surface area contributed by atoms with E-state index in [1.54, 1.807) is 25.3 Å². The van der Waals surface area contributed by atoms with Crippen LogP contribution in [0.1, 0.15) is 11.1 Å². The molecule has 2 aromatic carbocycles. The molecule has 0 bridgehead atoms. The lowest BCUT2D eigenvalue weighted by Crippen LogP contribution is -2.60. The second-order valence-corrected chi connectivity index (χ2v) is 8.11. The third-order valence-electron chi connectivity index (χ3n) is 5.47. The Balaban J connectivity index is 1.64. The van der Waals surface area contributed by atoms with Gasteiger partial charge in [0.1, 0.15) is 31.0 Å². The van der Waals surface area contributed by atoms with Crippen LogP contribution in [-0.4, -0.2) is 89.6 Å². The molecule has 0 radical (unpaired) electrons. The number of ether oxygens (including phenoxy) is 5. The molecule has 3 rings (SSSR count). The van der Waals surface area contributed by atoms with Crippen molar-refractivity contribution in [2.24, 2.45) is 0 Å². The molecule has 1 fully saturated rings. The number of aliphatic hydroxyl groups is 3. The van der Waals surface area contributed by atoms with Gasteiger partial charge in [-0.2, -0.15) is 0 Å². The van der Waals surface area contributed by atoms with Gasteiger partial charge in [0.15, 0.2) is 23.0 Å². The van der Waals surface area contributed by atoms with Crippen LogP contribution in [0.5, 0.6) is 23.0 Å². The van der Waals surface area contributed by atoms with E-state index in [2.05, 4.69) is 0 Å². The molecule has 37 heavy (non-hydrogen) atoms. The fourth-order valence-electron chi connectivity index (χ4n) is 3.46. The average molecular weight is 519 g/mol. The van der Waals surface area contributed by atoms with Crippen molar-refractivity contribution in [2.75, 3.05) is 27.4 Å². The Hall–Kier alpha value is -3.61. The van der Waals surface area contributed by atoms with Crippen molar-refractivity contribution in [1.82, 2.24) is 0 Å². The summed E-state index contributed by atoms with van der Waals surface area (Å²) in [6.07, 6.45) is -1.34. The van der Waals surface area contributed by atoms with E-state index in [4.69, 9.17) is 23.7 Å². The van der Waals surface area contributed by atoms with Crippen LogP contribution in [0.15, 0.2) is 48.6 Å². The van der Waals surface area contributed by atoms with Crippen LogP contribution in [0.2, 0.25) is 0 Å². The van der Waals surface area contributed by atoms with Crippen molar-refractivity contribution >= 4 is 18.1 Å². The molecule has 1 aliphatic rings. The lowest BCUT2D eigenvalue weighted by Gasteiger charge is -2.40. The Morgan fingerprint density at radius 1 is 0.919 bits per heavy atom. The first-order chi connectivity index (χ1) is 17.7. The molecular formula is C26H30O11. The molecule has 1 heterocycles. The second-order valence-electron chi connectivity index (χ2n) is 8.11. The molecule has 11 heteroatoms. The Kier molecular flexibility index (Phi) is 9.89. The monoisotopic (exact) mass is 518 g/mol. The molecule has 0 aliphatic carbocycles. The molecule has 0 saturated carbocycles. The largest absolute Gasteiger partial charge is 0.504 e. The molecule has 5 atom stereocenters. The van der Waals surface area contributed by atoms with Crippen molar-refractivity contribution in [1.29, 1.82) is 0 Å². The highest BCUT2D eigenvalue weighted by Crippen LogP contribution is 2.32. The van der Waals surface area contributed by atoms with E-state index in [9.17, 15) is 30.3 Å². The highest BCUT2D eigenvalue weighted by atomic mass is 16.7. The maximum atomic E-state index is 12.1. The fourth-order valence-corrected chi connectivity index (χ4v) is 3.46. The molecule has 1 aliphatic heterocycles. The number of methoxy groups -OCH3 is 2. The quantitative estimate of drug-likeness (QED) is 0.174. The SMILES string of the molecule is COC/C=C/c1ccc(O[C@@H]2O[C@H](COC(=O)/C=C/c3ccc(O)c(O)c3)[C@@H](O)[C@H](O)[C@H]2O)c(OC)c1. The van der Waals surface area contributed by atoms with Crippen LogP contribution >= 0.6 is 0 Å². The Morgan fingerprint density at radius 2 is 1.65 bits per heavy atom. The van der Waals surface area contributed by atoms with Gasteiger partial charge < -0.3 is 49.2 Å². The molecule has 0 unspecified atom stereocenters. The van der Waals surface area contributed by atoms with Gasteiger partial charge >= 0.3 is 5.97 Å². The minimum Gasteiger partial charge on any atom is -0.504 e. The number of carbonyl (C=O) groups excluding carboxylic acids is 1. The number of benzene rings is 2. The van der Waals surface area contributed by atoms with Crippen molar-refractivity contribution in [3.8, 4) is 23.0 Å². The van der Waals surface area contributed by atoms with Crippen molar-refractivity contribution in [3.63, 3.8) is 0 Å². The van der Waals surface area contributed by atoms with Gasteiger partial charge in [-0.15, -0.1) is 0 Å². The number of aromatic hydroxyl groups is 2. The van der Waals surface area contributed by atoms with Gasteiger partial charge in [-0.25, -0.2) is 4.79 Å². The lowest BCUT2D eigenvalue weighted by atomic mass is 9.99. The van der Waals surface area contributed by atoms with Crippen LogP contribution < -0.4 is 9.47 Å². The van der Waals surface area contributed by atoms with Crippen molar-refractivity contribution in [2.45, 2.75) is 30.7 Å². The molecular weight excluding hydrogens is 488 g/mol. The third-order valence-corrected chi connectivity index (χ3v) is 5.47. The van der Waals surface area contributed by atoms with Gasteiger partial charge in [0.25, 0.3) is 0 Å². The number of phenols is 2. The first-order valence-corrected chi connectivity index (χ1v) is 11.3. The number of aliphatic hydroxyl groups excluding tert-OH is 3. The van der Waals surface area contributed by atoms with Crippen molar-refractivity contribution < 1.29 is 54.0 Å². The van der Waals surface area contributed by atoms with E-state index < -0.39 is 43.3 Å². The topological polar surface area (TPSA) is 164 Å². The lowest BCUT2D eigenvalue weighted by molar-refractivity contribution is -0.278. The first-order valence-electron chi connectivity index (χ1n) is 11.3. The fraction of sp³-hybridized carbons (Fsp3) is 0.346. The van der Waals surface area contributed by atoms with Gasteiger partial charge in [0, 0.05) is 13.2 Å². The standard InChI is InChI=1S/C26H30O11/c1-33-11-3-4-15-6-9-19(20(13-15)34-2)36-26-25(32)24(31)23(30)21(37-26)14-35-22(29)10-7-16-5-8-17(27)18(28)12-16/h3-10,12-13,21,23-28,30-32H,11,14H2,1-2H3/b4-3+,10-7+/t21-,23-,24+,25-,26-/m1/s1. The van der Waals surface area contributed by atoms with Crippen LogP contribution in [0.25, 0.3) is 12.2 Å². The smallest absolute Gasteiger partial charge is 0.330 e. The number of phenolic OH excluding ortho intramolecular Hbond substituents is 2. The van der Waals surface area contributed by atoms with E-state index in [1.807, 2.05) is 12.2 Å². The number of hydrogen-bond donors (Lipinski definition) is 5. The van der Waals surface area contributed by atoms with Crippen LogP contribution in [0, 0.1) is 0 Å². The summed E-state index contributed by atoms with van der Waals surface area (Å²) in [5.41, 5.74) is 1.24. The Labute approximate surface area is 213 Å². The summed E-state index contributed by atoms with van der Waals surface area (Å²) in [5.74, 6) is -0.880. The zero-order chi connectivity index (χ0) is 26.9. The van der Waals surface area contributed by atoms with E-state index >= 15 is 0 Å². The van der Waals surface area contributed by atoms with E-state index in [-0.39, 0.29) is 17.2 Å². The van der Waals surface area contributed by atoms with E-state index in [0.29, 0.717) is 17.9 Å². The van der Waals surface area contributed by atoms with E-state index in [1.165, 1.54) is 31.4 Å². The highest BCUT2D eigenvalue weighted by molar-refractivity contribution is 5.87. The first kappa shape index (κ1) is 28.0. The normalized spacial score (nSPS) is 23.9. The molecule has 0 aromatic heterocycles. The molecule has 2 aromatic rings. The number of rotatable bonds is 10. The highest BCUT2D eigenvalue weighted by Gasteiger charge is 2.45. The van der Waals surface area contributed by atoms with Gasteiger partial charge in [-0.3, -0.25) is 0 Å². The molecule has 200 valence electrons. The van der Waals surface area contributed by atoms with Crippen LogP contribution in [-0.2, 0) is 19.0 Å². The molecule has 0 amide bonds. The summed E-state index contributed by atoms with van der Waals surface area (Å²) in [4.78, 5) is 12.1. The zero-order valence-electron chi connectivity index (χ0n) is 20.3. The average Bonchev–Trinajstić information content (AvgIpc) is 2.89. The Bertz CT molecular complexity index is 1110. The minimum absolute atomic E-state index is 0.217. The second kappa shape index (κ2) is 13.1. The molecule has 5 N–H and O–H groups in total. The van der Waals surface area contributed by atoms with Crippen molar-refractivity contribution in [3.05, 3.63) is 59.7 Å². The summed E-state index contributed by atoms with van der Waals surface area (Å²) in [7, 11) is 3.02. The Morgan fingerprint density at radius 3 is 2.35 bits per heavy atom. The number of carbonyl (C=O) groups is 1. The summed E-state index contributed by atoms with van der Waals surface area (Å²) in [6.45, 7) is -0.0137. The summed E-state index contributed by atoms with van der Waals surface area (Å²) >= 11 is 0. The van der Waals surface area contributed by atoms with Crippen LogP contribution in [0.4, 0.5) is 0 Å². The zero-order valence-corrected chi connectivity index (χ0v) is 20.3. The maximum absolute atomic E-state index is 12.1.